The van der Waals surface area contributed by atoms with Crippen LogP contribution in [0.3, 0.4) is 0 Å². The van der Waals surface area contributed by atoms with Gasteiger partial charge in [-0.25, -0.2) is 13.2 Å². The molecule has 0 saturated carbocycles. The van der Waals surface area contributed by atoms with Gasteiger partial charge >= 0.3 is 5.97 Å². The highest BCUT2D eigenvalue weighted by molar-refractivity contribution is 7.89. The molecule has 1 fully saturated rings. The summed E-state index contributed by atoms with van der Waals surface area (Å²) in [6.45, 7) is 0.268. The number of carbonyl (C=O) groups excluding carboxylic acids is 3. The predicted molar refractivity (Wildman–Crippen MR) is 113 cm³/mol. The standard InChI is InChI=1S/C18H18ClN3O7S2/c19-14-2-1-11(31(26,27)22-4-6-28-7-5-22)9-13(14)18(25)29-10-15(23)21-17-12(16(20)24)3-8-30-17/h1-3,8-9H,4-7,10H2,(H2,20,24)(H,21,23). The number of anilines is 1. The predicted octanol–water partition coefficient (Wildman–Crippen LogP) is 1.32. The third kappa shape index (κ3) is 5.40. The van der Waals surface area contributed by atoms with Crippen LogP contribution in [0.15, 0.2) is 34.5 Å². The molecule has 0 atom stereocenters. The molecule has 3 rings (SSSR count). The minimum absolute atomic E-state index is 0.0272. The zero-order valence-electron chi connectivity index (χ0n) is 16.0. The number of nitrogens with one attached hydrogen (secondary N) is 1. The maximum atomic E-state index is 12.8. The third-order valence-corrected chi connectivity index (χ3v) is 7.34. The lowest BCUT2D eigenvalue weighted by Crippen LogP contribution is -2.40. The van der Waals surface area contributed by atoms with Gasteiger partial charge < -0.3 is 20.5 Å². The molecule has 0 radical (unpaired) electrons. The summed E-state index contributed by atoms with van der Waals surface area (Å²) in [5, 5.41) is 4.20. The van der Waals surface area contributed by atoms with Crippen molar-refractivity contribution in [2.24, 2.45) is 5.73 Å². The van der Waals surface area contributed by atoms with Gasteiger partial charge in [0.05, 0.1) is 34.3 Å². The van der Waals surface area contributed by atoms with Gasteiger partial charge in [0.15, 0.2) is 6.61 Å². The molecule has 13 heteroatoms. The van der Waals surface area contributed by atoms with Crippen molar-refractivity contribution in [3.8, 4) is 0 Å². The third-order valence-electron chi connectivity index (χ3n) is 4.28. The molecule has 0 unspecified atom stereocenters. The second-order valence-corrected chi connectivity index (χ2v) is 9.57. The number of benzene rings is 1. The topological polar surface area (TPSA) is 145 Å². The van der Waals surface area contributed by atoms with Crippen LogP contribution in [0, 0.1) is 0 Å². The number of carbonyl (C=O) groups is 3. The molecule has 1 aromatic heterocycles. The summed E-state index contributed by atoms with van der Waals surface area (Å²) in [6, 6.07) is 5.13. The fraction of sp³-hybridized carbons (Fsp3) is 0.278. The molecular formula is C18H18ClN3O7S2. The summed E-state index contributed by atoms with van der Waals surface area (Å²) in [6.07, 6.45) is 0. The van der Waals surface area contributed by atoms with Crippen LogP contribution in [0.25, 0.3) is 0 Å². The highest BCUT2D eigenvalue weighted by atomic mass is 35.5. The number of hydrogen-bond donors (Lipinski definition) is 2. The van der Waals surface area contributed by atoms with E-state index in [1.165, 1.54) is 22.5 Å². The maximum absolute atomic E-state index is 12.8. The Kier molecular flexibility index (Phi) is 7.28. The number of primary amides is 1. The number of rotatable bonds is 7. The number of hydrogen-bond acceptors (Lipinski definition) is 8. The van der Waals surface area contributed by atoms with Crippen molar-refractivity contribution in [2.75, 3.05) is 38.2 Å². The second-order valence-electron chi connectivity index (χ2n) is 6.31. The summed E-state index contributed by atoms with van der Waals surface area (Å²) in [4.78, 5) is 35.6. The number of thiophene rings is 1. The van der Waals surface area contributed by atoms with E-state index in [0.29, 0.717) is 0 Å². The van der Waals surface area contributed by atoms with Gasteiger partial charge in [-0.15, -0.1) is 11.3 Å². The van der Waals surface area contributed by atoms with Crippen LogP contribution in [0.2, 0.25) is 5.02 Å². The van der Waals surface area contributed by atoms with Crippen LogP contribution in [0.5, 0.6) is 0 Å². The largest absolute Gasteiger partial charge is 0.452 e. The SMILES string of the molecule is NC(=O)c1ccsc1NC(=O)COC(=O)c1cc(S(=O)(=O)N2CCOCC2)ccc1Cl. The van der Waals surface area contributed by atoms with Gasteiger partial charge in [-0.3, -0.25) is 9.59 Å². The molecule has 2 amide bonds. The van der Waals surface area contributed by atoms with E-state index in [9.17, 15) is 22.8 Å². The van der Waals surface area contributed by atoms with E-state index in [2.05, 4.69) is 5.32 Å². The maximum Gasteiger partial charge on any atom is 0.340 e. The number of nitrogens with zero attached hydrogens (tertiary/aromatic N) is 1. The van der Waals surface area contributed by atoms with E-state index in [1.807, 2.05) is 0 Å². The lowest BCUT2D eigenvalue weighted by molar-refractivity contribution is -0.119. The number of ether oxygens (including phenoxy) is 2. The number of esters is 1. The van der Waals surface area contributed by atoms with Crippen molar-refractivity contribution in [2.45, 2.75) is 4.90 Å². The van der Waals surface area contributed by atoms with Gasteiger partial charge in [-0.05, 0) is 29.6 Å². The number of halogens is 1. The van der Waals surface area contributed by atoms with Crippen molar-refractivity contribution < 1.29 is 32.3 Å². The first-order valence-corrected chi connectivity index (χ1v) is 11.6. The Bertz CT molecular complexity index is 1110. The van der Waals surface area contributed by atoms with E-state index in [0.717, 1.165) is 17.4 Å². The summed E-state index contributed by atoms with van der Waals surface area (Å²) in [7, 11) is -3.85. The first-order chi connectivity index (χ1) is 14.7. The molecule has 1 aliphatic heterocycles. The smallest absolute Gasteiger partial charge is 0.340 e. The average Bonchev–Trinajstić information content (AvgIpc) is 3.21. The van der Waals surface area contributed by atoms with E-state index in [4.69, 9.17) is 26.8 Å². The van der Waals surface area contributed by atoms with E-state index < -0.39 is 34.4 Å². The van der Waals surface area contributed by atoms with Gasteiger partial charge in [0.2, 0.25) is 10.0 Å². The summed E-state index contributed by atoms with van der Waals surface area (Å²) in [5.74, 6) is -2.38. The molecule has 1 aromatic carbocycles. The molecular weight excluding hydrogens is 470 g/mol. The Balaban J connectivity index is 1.68. The van der Waals surface area contributed by atoms with Crippen LogP contribution < -0.4 is 11.1 Å². The molecule has 3 N–H and O–H groups in total. The Morgan fingerprint density at radius 2 is 1.90 bits per heavy atom. The monoisotopic (exact) mass is 487 g/mol. The second kappa shape index (κ2) is 9.75. The molecule has 10 nitrogen and oxygen atoms in total. The molecule has 0 aliphatic carbocycles. The Morgan fingerprint density at radius 1 is 1.19 bits per heavy atom. The number of amides is 2. The molecule has 0 bridgehead atoms. The van der Waals surface area contributed by atoms with Crippen molar-refractivity contribution in [1.82, 2.24) is 4.31 Å². The average molecular weight is 488 g/mol. The van der Waals surface area contributed by atoms with Gasteiger partial charge in [-0.2, -0.15) is 4.31 Å². The van der Waals surface area contributed by atoms with Crippen LogP contribution >= 0.6 is 22.9 Å². The molecule has 0 spiro atoms. The van der Waals surface area contributed by atoms with Crippen LogP contribution in [0.1, 0.15) is 20.7 Å². The first-order valence-electron chi connectivity index (χ1n) is 8.92. The molecule has 166 valence electrons. The normalized spacial score (nSPS) is 14.7. The first kappa shape index (κ1) is 23.2. The molecule has 31 heavy (non-hydrogen) atoms. The minimum atomic E-state index is -3.85. The quantitative estimate of drug-likeness (QED) is 0.560. The van der Waals surface area contributed by atoms with Gasteiger partial charge in [0.25, 0.3) is 11.8 Å². The highest BCUT2D eigenvalue weighted by Gasteiger charge is 2.28. The van der Waals surface area contributed by atoms with Crippen molar-refractivity contribution in [3.63, 3.8) is 0 Å². The summed E-state index contributed by atoms with van der Waals surface area (Å²) >= 11 is 7.12. The van der Waals surface area contributed by atoms with Gasteiger partial charge in [0, 0.05) is 13.1 Å². The fourth-order valence-corrected chi connectivity index (χ4v) is 5.17. The lowest BCUT2D eigenvalue weighted by Gasteiger charge is -2.26. The van der Waals surface area contributed by atoms with E-state index >= 15 is 0 Å². The van der Waals surface area contributed by atoms with Crippen LogP contribution in [0.4, 0.5) is 5.00 Å². The Hall–Kier alpha value is -2.51. The molecule has 2 aromatic rings. The zero-order valence-corrected chi connectivity index (χ0v) is 18.4. The molecule has 1 aliphatic rings. The van der Waals surface area contributed by atoms with Crippen molar-refractivity contribution in [1.29, 1.82) is 0 Å². The van der Waals surface area contributed by atoms with Gasteiger partial charge in [-0.1, -0.05) is 11.6 Å². The minimum Gasteiger partial charge on any atom is -0.452 e. The Labute approximate surface area is 186 Å². The summed E-state index contributed by atoms with van der Waals surface area (Å²) in [5.41, 5.74) is 5.15. The fourth-order valence-electron chi connectivity index (χ4n) is 2.73. The lowest BCUT2D eigenvalue weighted by atomic mass is 10.2. The number of morpholine rings is 1. The number of sulfonamides is 1. The summed E-state index contributed by atoms with van der Waals surface area (Å²) < 4.78 is 36.9. The van der Waals surface area contributed by atoms with Crippen LogP contribution in [-0.4, -0.2) is 63.4 Å². The number of nitrogens with two attached hydrogens (primary N) is 1. The van der Waals surface area contributed by atoms with E-state index in [1.54, 1.807) is 5.38 Å². The molecule has 2 heterocycles. The van der Waals surface area contributed by atoms with Gasteiger partial charge in [0.1, 0.15) is 5.00 Å². The Morgan fingerprint density at radius 3 is 2.58 bits per heavy atom. The highest BCUT2D eigenvalue weighted by Crippen LogP contribution is 2.25. The van der Waals surface area contributed by atoms with Crippen molar-refractivity contribution >= 4 is 55.7 Å². The van der Waals surface area contributed by atoms with Crippen LogP contribution in [-0.2, 0) is 24.3 Å². The molecule has 1 saturated heterocycles. The van der Waals surface area contributed by atoms with E-state index in [-0.39, 0.29) is 52.3 Å². The zero-order chi connectivity index (χ0) is 22.6. The van der Waals surface area contributed by atoms with Crippen molar-refractivity contribution in [3.05, 3.63) is 45.8 Å².